The highest BCUT2D eigenvalue weighted by Crippen LogP contribution is 2.30. The van der Waals surface area contributed by atoms with Gasteiger partial charge in [-0.2, -0.15) is 0 Å². The third-order valence-electron chi connectivity index (χ3n) is 5.00. The van der Waals surface area contributed by atoms with Crippen LogP contribution in [-0.2, 0) is 19.7 Å². The van der Waals surface area contributed by atoms with E-state index in [9.17, 15) is 0 Å². The topological polar surface area (TPSA) is 66.2 Å². The van der Waals surface area contributed by atoms with Crippen LogP contribution in [0.5, 0.6) is 0 Å². The van der Waals surface area contributed by atoms with Crippen molar-refractivity contribution in [3.8, 4) is 0 Å². The number of hydrogen-bond acceptors (Lipinski definition) is 5. The third-order valence-corrected chi connectivity index (χ3v) is 5.00. The number of aryl methyl sites for hydroxylation is 1. The van der Waals surface area contributed by atoms with Crippen molar-refractivity contribution in [2.45, 2.75) is 58.0 Å². The van der Waals surface area contributed by atoms with Gasteiger partial charge in [0.05, 0.1) is 12.8 Å². The van der Waals surface area contributed by atoms with Gasteiger partial charge in [-0.05, 0) is 38.8 Å². The van der Waals surface area contributed by atoms with E-state index in [1.165, 1.54) is 5.56 Å². The Balaban J connectivity index is 1.43. The van der Waals surface area contributed by atoms with Gasteiger partial charge in [0.1, 0.15) is 5.69 Å². The van der Waals surface area contributed by atoms with Crippen molar-refractivity contribution in [3.05, 3.63) is 47.8 Å². The van der Waals surface area contributed by atoms with E-state index in [1.807, 2.05) is 0 Å². The summed E-state index contributed by atoms with van der Waals surface area (Å²) in [5, 5.41) is 20.6. The molecule has 0 bridgehead atoms. The number of hydrogen-bond donors (Lipinski definition) is 2. The summed E-state index contributed by atoms with van der Waals surface area (Å²) in [4.78, 5) is 2.57. The lowest BCUT2D eigenvalue weighted by Gasteiger charge is -2.31. The SMILES string of the molecule is CC1(C)CC(NCCCn2cc(CO)nn2)CN1Cc1ccccc1. The van der Waals surface area contributed by atoms with Gasteiger partial charge in [0.25, 0.3) is 0 Å². The second-order valence-corrected chi connectivity index (χ2v) is 7.52. The Kier molecular flexibility index (Phi) is 5.83. The van der Waals surface area contributed by atoms with Crippen LogP contribution in [0, 0.1) is 0 Å². The average molecular weight is 343 g/mol. The van der Waals surface area contributed by atoms with E-state index in [4.69, 9.17) is 5.11 Å². The molecule has 6 heteroatoms. The molecule has 136 valence electrons. The molecule has 0 spiro atoms. The maximum Gasteiger partial charge on any atom is 0.108 e. The number of aliphatic hydroxyl groups excluding tert-OH is 1. The van der Waals surface area contributed by atoms with Crippen molar-refractivity contribution in [3.63, 3.8) is 0 Å². The molecule has 1 aliphatic rings. The number of rotatable bonds is 8. The Morgan fingerprint density at radius 1 is 1.28 bits per heavy atom. The Morgan fingerprint density at radius 2 is 2.08 bits per heavy atom. The predicted octanol–water partition coefficient (Wildman–Crippen LogP) is 1.80. The first-order valence-corrected chi connectivity index (χ1v) is 9.09. The van der Waals surface area contributed by atoms with E-state index < -0.39 is 0 Å². The quantitative estimate of drug-likeness (QED) is 0.716. The van der Waals surface area contributed by atoms with Crippen molar-refractivity contribution >= 4 is 0 Å². The van der Waals surface area contributed by atoms with E-state index in [1.54, 1.807) is 10.9 Å². The minimum Gasteiger partial charge on any atom is -0.390 e. The fourth-order valence-corrected chi connectivity index (χ4v) is 3.60. The summed E-state index contributed by atoms with van der Waals surface area (Å²) in [5.74, 6) is 0. The Labute approximate surface area is 149 Å². The summed E-state index contributed by atoms with van der Waals surface area (Å²) < 4.78 is 1.80. The molecule has 0 aliphatic carbocycles. The first-order chi connectivity index (χ1) is 12.1. The molecule has 25 heavy (non-hydrogen) atoms. The van der Waals surface area contributed by atoms with Crippen LogP contribution >= 0.6 is 0 Å². The summed E-state index contributed by atoms with van der Waals surface area (Å²) in [6, 6.07) is 11.2. The van der Waals surface area contributed by atoms with Gasteiger partial charge >= 0.3 is 0 Å². The lowest BCUT2D eigenvalue weighted by atomic mass is 9.99. The number of aliphatic hydroxyl groups is 1. The predicted molar refractivity (Wildman–Crippen MR) is 97.9 cm³/mol. The van der Waals surface area contributed by atoms with Crippen LogP contribution in [-0.4, -0.2) is 49.7 Å². The normalized spacial score (nSPS) is 20.2. The zero-order valence-electron chi connectivity index (χ0n) is 15.2. The lowest BCUT2D eigenvalue weighted by molar-refractivity contribution is 0.166. The summed E-state index contributed by atoms with van der Waals surface area (Å²) in [7, 11) is 0. The highest BCUT2D eigenvalue weighted by molar-refractivity contribution is 5.15. The zero-order valence-corrected chi connectivity index (χ0v) is 15.2. The molecule has 1 aromatic heterocycles. The molecule has 1 atom stereocenters. The van der Waals surface area contributed by atoms with E-state index in [2.05, 4.69) is 64.7 Å². The molecule has 3 rings (SSSR count). The molecule has 0 radical (unpaired) electrons. The maximum atomic E-state index is 9.01. The Hall–Kier alpha value is -1.76. The lowest BCUT2D eigenvalue weighted by Crippen LogP contribution is -2.37. The van der Waals surface area contributed by atoms with E-state index in [-0.39, 0.29) is 12.1 Å². The van der Waals surface area contributed by atoms with Crippen LogP contribution in [0.25, 0.3) is 0 Å². The molecular weight excluding hydrogens is 314 g/mol. The second-order valence-electron chi connectivity index (χ2n) is 7.52. The standard InChI is InChI=1S/C19H29N5O/c1-19(2)11-17(13-23(19)12-16-7-4-3-5-8-16)20-9-6-10-24-14-18(15-25)21-22-24/h3-5,7-8,14,17,20,25H,6,9-13,15H2,1-2H3. The fourth-order valence-electron chi connectivity index (χ4n) is 3.60. The summed E-state index contributed by atoms with van der Waals surface area (Å²) >= 11 is 0. The molecule has 0 saturated carbocycles. The van der Waals surface area contributed by atoms with Gasteiger partial charge < -0.3 is 10.4 Å². The molecule has 1 saturated heterocycles. The van der Waals surface area contributed by atoms with Gasteiger partial charge in [0.15, 0.2) is 0 Å². The number of likely N-dealkylation sites (tertiary alicyclic amines) is 1. The van der Waals surface area contributed by atoms with Crippen molar-refractivity contribution in [2.75, 3.05) is 13.1 Å². The van der Waals surface area contributed by atoms with E-state index in [0.29, 0.717) is 11.7 Å². The molecule has 2 N–H and O–H groups in total. The van der Waals surface area contributed by atoms with Gasteiger partial charge in [-0.15, -0.1) is 5.10 Å². The first-order valence-electron chi connectivity index (χ1n) is 9.09. The minimum atomic E-state index is -0.0490. The molecule has 1 aliphatic heterocycles. The van der Waals surface area contributed by atoms with Crippen LogP contribution in [0.3, 0.4) is 0 Å². The molecule has 2 aromatic rings. The first kappa shape index (κ1) is 18.0. The van der Waals surface area contributed by atoms with Crippen molar-refractivity contribution < 1.29 is 5.11 Å². The molecule has 6 nitrogen and oxygen atoms in total. The number of nitrogens with zero attached hydrogens (tertiary/aromatic N) is 4. The monoisotopic (exact) mass is 343 g/mol. The van der Waals surface area contributed by atoms with Crippen LogP contribution in [0.4, 0.5) is 0 Å². The number of aromatic nitrogens is 3. The minimum absolute atomic E-state index is 0.0490. The van der Waals surface area contributed by atoms with Gasteiger partial charge in [-0.1, -0.05) is 35.5 Å². The molecular formula is C19H29N5O. The van der Waals surface area contributed by atoms with E-state index in [0.717, 1.165) is 39.0 Å². The highest BCUT2D eigenvalue weighted by atomic mass is 16.3. The maximum absolute atomic E-state index is 9.01. The van der Waals surface area contributed by atoms with Gasteiger partial charge in [-0.25, -0.2) is 0 Å². The van der Waals surface area contributed by atoms with E-state index >= 15 is 0 Å². The van der Waals surface area contributed by atoms with Crippen molar-refractivity contribution in [1.29, 1.82) is 0 Å². The zero-order chi connectivity index (χ0) is 17.7. The number of nitrogens with one attached hydrogen (secondary N) is 1. The Morgan fingerprint density at radius 3 is 2.80 bits per heavy atom. The average Bonchev–Trinajstić information content (AvgIpc) is 3.17. The van der Waals surface area contributed by atoms with Crippen LogP contribution in [0.1, 0.15) is 37.9 Å². The van der Waals surface area contributed by atoms with Gasteiger partial charge in [0.2, 0.25) is 0 Å². The molecule has 1 aromatic carbocycles. The summed E-state index contributed by atoms with van der Waals surface area (Å²) in [5.41, 5.74) is 2.22. The van der Waals surface area contributed by atoms with Gasteiger partial charge in [0, 0.05) is 31.2 Å². The van der Waals surface area contributed by atoms with Crippen LogP contribution in [0.2, 0.25) is 0 Å². The largest absolute Gasteiger partial charge is 0.390 e. The van der Waals surface area contributed by atoms with Crippen LogP contribution < -0.4 is 5.32 Å². The molecule has 2 heterocycles. The Bertz CT molecular complexity index is 655. The fraction of sp³-hybridized carbons (Fsp3) is 0.579. The molecule has 0 amide bonds. The second kappa shape index (κ2) is 8.08. The van der Waals surface area contributed by atoms with Crippen LogP contribution in [0.15, 0.2) is 36.5 Å². The molecule has 1 fully saturated rings. The number of benzene rings is 1. The van der Waals surface area contributed by atoms with Gasteiger partial charge in [-0.3, -0.25) is 9.58 Å². The molecule has 1 unspecified atom stereocenters. The van der Waals surface area contributed by atoms with Crippen molar-refractivity contribution in [1.82, 2.24) is 25.2 Å². The smallest absolute Gasteiger partial charge is 0.108 e. The summed E-state index contributed by atoms with van der Waals surface area (Å²) in [6.45, 7) is 8.51. The van der Waals surface area contributed by atoms with Crippen molar-refractivity contribution in [2.24, 2.45) is 0 Å². The third kappa shape index (κ3) is 4.87. The summed E-state index contributed by atoms with van der Waals surface area (Å²) in [6.07, 6.45) is 3.97. The highest BCUT2D eigenvalue weighted by Gasteiger charge is 2.37.